The second-order valence-corrected chi connectivity index (χ2v) is 5.73. The maximum absolute atomic E-state index is 11.9. The number of hydrogen-bond donors (Lipinski definition) is 1. The SMILES string of the molecule is CC(=O)c1ccccc1NC(=O)COC(=O)CCOc1cccc(C)c1. The van der Waals surface area contributed by atoms with Crippen molar-refractivity contribution < 1.29 is 23.9 Å². The molecule has 0 saturated heterocycles. The molecule has 6 heteroatoms. The molecule has 6 nitrogen and oxygen atoms in total. The third kappa shape index (κ3) is 6.05. The molecule has 0 aliphatic rings. The Morgan fingerprint density at radius 1 is 1.04 bits per heavy atom. The van der Waals surface area contributed by atoms with E-state index in [1.54, 1.807) is 30.3 Å². The van der Waals surface area contributed by atoms with Crippen molar-refractivity contribution in [3.63, 3.8) is 0 Å². The number of carbonyl (C=O) groups is 3. The van der Waals surface area contributed by atoms with Crippen molar-refractivity contribution in [1.29, 1.82) is 0 Å². The summed E-state index contributed by atoms with van der Waals surface area (Å²) < 4.78 is 10.4. The Hall–Kier alpha value is -3.15. The summed E-state index contributed by atoms with van der Waals surface area (Å²) in [6.45, 7) is 3.11. The van der Waals surface area contributed by atoms with Crippen LogP contribution in [0.25, 0.3) is 0 Å². The van der Waals surface area contributed by atoms with Crippen LogP contribution in [0.5, 0.6) is 5.75 Å². The van der Waals surface area contributed by atoms with Gasteiger partial charge in [-0.3, -0.25) is 14.4 Å². The zero-order valence-electron chi connectivity index (χ0n) is 14.8. The highest BCUT2D eigenvalue weighted by atomic mass is 16.5. The van der Waals surface area contributed by atoms with Gasteiger partial charge in [0.25, 0.3) is 5.91 Å². The lowest BCUT2D eigenvalue weighted by atomic mass is 10.1. The number of aryl methyl sites for hydroxylation is 1. The Bertz CT molecular complexity index is 800. The van der Waals surface area contributed by atoms with Crippen molar-refractivity contribution in [2.24, 2.45) is 0 Å². The fourth-order valence-corrected chi connectivity index (χ4v) is 2.26. The molecule has 0 spiro atoms. The van der Waals surface area contributed by atoms with E-state index in [0.717, 1.165) is 5.56 Å². The maximum Gasteiger partial charge on any atom is 0.309 e. The Kier molecular flexibility index (Phi) is 6.91. The highest BCUT2D eigenvalue weighted by Gasteiger charge is 2.12. The summed E-state index contributed by atoms with van der Waals surface area (Å²) in [7, 11) is 0. The second kappa shape index (κ2) is 9.36. The van der Waals surface area contributed by atoms with Crippen LogP contribution in [-0.2, 0) is 14.3 Å². The number of nitrogens with one attached hydrogen (secondary N) is 1. The first-order chi connectivity index (χ1) is 12.5. The number of ketones is 1. The Morgan fingerprint density at radius 2 is 1.81 bits per heavy atom. The highest BCUT2D eigenvalue weighted by molar-refractivity contribution is 6.04. The smallest absolute Gasteiger partial charge is 0.309 e. The minimum absolute atomic E-state index is 0.0330. The molecule has 0 saturated carbocycles. The number of para-hydroxylation sites is 1. The van der Waals surface area contributed by atoms with Gasteiger partial charge in [-0.25, -0.2) is 0 Å². The molecule has 2 aromatic rings. The molecule has 1 amide bonds. The van der Waals surface area contributed by atoms with E-state index in [9.17, 15) is 14.4 Å². The van der Waals surface area contributed by atoms with Crippen LogP contribution in [0.1, 0.15) is 29.3 Å². The van der Waals surface area contributed by atoms with Gasteiger partial charge in [0.1, 0.15) is 5.75 Å². The van der Waals surface area contributed by atoms with Crippen molar-refractivity contribution in [2.45, 2.75) is 20.3 Å². The van der Waals surface area contributed by atoms with E-state index < -0.39 is 18.5 Å². The van der Waals surface area contributed by atoms with Crippen LogP contribution in [0.3, 0.4) is 0 Å². The van der Waals surface area contributed by atoms with Gasteiger partial charge in [-0.05, 0) is 43.7 Å². The lowest BCUT2D eigenvalue weighted by molar-refractivity contribution is -0.147. The normalized spacial score (nSPS) is 10.1. The van der Waals surface area contributed by atoms with Crippen LogP contribution in [0.2, 0.25) is 0 Å². The predicted octanol–water partition coefficient (Wildman–Crippen LogP) is 3.15. The zero-order valence-corrected chi connectivity index (χ0v) is 14.8. The molecule has 2 rings (SSSR count). The number of anilines is 1. The van der Waals surface area contributed by atoms with Crippen LogP contribution in [0.15, 0.2) is 48.5 Å². The van der Waals surface area contributed by atoms with Crippen LogP contribution < -0.4 is 10.1 Å². The predicted molar refractivity (Wildman–Crippen MR) is 97.3 cm³/mol. The van der Waals surface area contributed by atoms with Gasteiger partial charge in [-0.2, -0.15) is 0 Å². The molecule has 2 aromatic carbocycles. The second-order valence-electron chi connectivity index (χ2n) is 5.73. The van der Waals surface area contributed by atoms with Crippen LogP contribution in [0, 0.1) is 6.92 Å². The number of rotatable bonds is 8. The van der Waals surface area contributed by atoms with E-state index in [-0.39, 0.29) is 18.8 Å². The molecule has 1 N–H and O–H groups in total. The molecule has 26 heavy (non-hydrogen) atoms. The number of benzene rings is 2. The van der Waals surface area contributed by atoms with E-state index in [1.165, 1.54) is 6.92 Å². The van der Waals surface area contributed by atoms with Crippen molar-refractivity contribution in [3.05, 3.63) is 59.7 Å². The van der Waals surface area contributed by atoms with Crippen molar-refractivity contribution >= 4 is 23.3 Å². The number of amides is 1. The monoisotopic (exact) mass is 355 g/mol. The van der Waals surface area contributed by atoms with E-state index in [2.05, 4.69) is 5.32 Å². The summed E-state index contributed by atoms with van der Waals surface area (Å²) in [6, 6.07) is 14.1. The van der Waals surface area contributed by atoms with Gasteiger partial charge >= 0.3 is 5.97 Å². The van der Waals surface area contributed by atoms with Gasteiger partial charge in [0.05, 0.1) is 18.7 Å². The maximum atomic E-state index is 11.9. The first-order valence-corrected chi connectivity index (χ1v) is 8.20. The van der Waals surface area contributed by atoms with Crippen molar-refractivity contribution in [3.8, 4) is 5.75 Å². The average molecular weight is 355 g/mol. The van der Waals surface area contributed by atoms with Crippen LogP contribution >= 0.6 is 0 Å². The summed E-state index contributed by atoms with van der Waals surface area (Å²) in [6.07, 6.45) is 0.0330. The molecule has 0 aromatic heterocycles. The van der Waals surface area contributed by atoms with Crippen molar-refractivity contribution in [1.82, 2.24) is 0 Å². The molecule has 0 aliphatic heterocycles. The number of carbonyl (C=O) groups excluding carboxylic acids is 3. The minimum atomic E-state index is -0.535. The molecule has 0 bridgehead atoms. The van der Waals surface area contributed by atoms with Crippen LogP contribution in [0.4, 0.5) is 5.69 Å². The molecule has 0 atom stereocenters. The molecule has 0 fully saturated rings. The van der Waals surface area contributed by atoms with Gasteiger partial charge in [-0.15, -0.1) is 0 Å². The molecule has 0 heterocycles. The van der Waals surface area contributed by atoms with Gasteiger partial charge in [-0.1, -0.05) is 24.3 Å². The minimum Gasteiger partial charge on any atom is -0.493 e. The fraction of sp³-hybridized carbons (Fsp3) is 0.250. The van der Waals surface area contributed by atoms with E-state index in [0.29, 0.717) is 17.0 Å². The van der Waals surface area contributed by atoms with E-state index in [1.807, 2.05) is 25.1 Å². The quantitative estimate of drug-likeness (QED) is 0.581. The largest absolute Gasteiger partial charge is 0.493 e. The highest BCUT2D eigenvalue weighted by Crippen LogP contribution is 2.15. The van der Waals surface area contributed by atoms with Crippen molar-refractivity contribution in [2.75, 3.05) is 18.5 Å². The lowest BCUT2D eigenvalue weighted by Crippen LogP contribution is -2.22. The lowest BCUT2D eigenvalue weighted by Gasteiger charge is -2.10. The third-order valence-electron chi connectivity index (χ3n) is 3.51. The summed E-state index contributed by atoms with van der Waals surface area (Å²) >= 11 is 0. The first-order valence-electron chi connectivity index (χ1n) is 8.20. The van der Waals surface area contributed by atoms with E-state index in [4.69, 9.17) is 9.47 Å². The summed E-state index contributed by atoms with van der Waals surface area (Å²) in [5, 5.41) is 2.57. The molecule has 0 aliphatic carbocycles. The molecular weight excluding hydrogens is 334 g/mol. The standard InChI is InChI=1S/C20H21NO5/c1-14-6-5-7-16(12-14)25-11-10-20(24)26-13-19(23)21-18-9-4-3-8-17(18)15(2)22/h3-9,12H,10-11,13H2,1-2H3,(H,21,23). The van der Waals surface area contributed by atoms with Gasteiger partial charge in [0, 0.05) is 5.56 Å². The fourth-order valence-electron chi connectivity index (χ4n) is 2.26. The average Bonchev–Trinajstić information content (AvgIpc) is 2.60. The topological polar surface area (TPSA) is 81.7 Å². The molecular formula is C20H21NO5. The molecule has 0 radical (unpaired) electrons. The Balaban J connectivity index is 1.73. The Morgan fingerprint density at radius 3 is 2.54 bits per heavy atom. The van der Waals surface area contributed by atoms with E-state index >= 15 is 0 Å². The molecule has 0 unspecified atom stereocenters. The summed E-state index contributed by atoms with van der Waals surface area (Å²) in [5.41, 5.74) is 1.86. The summed E-state index contributed by atoms with van der Waals surface area (Å²) in [5.74, 6) is -0.526. The number of hydrogen-bond acceptors (Lipinski definition) is 5. The third-order valence-corrected chi connectivity index (χ3v) is 3.51. The summed E-state index contributed by atoms with van der Waals surface area (Å²) in [4.78, 5) is 35.1. The van der Waals surface area contributed by atoms with Crippen LogP contribution in [-0.4, -0.2) is 30.9 Å². The molecule has 136 valence electrons. The zero-order chi connectivity index (χ0) is 18.9. The van der Waals surface area contributed by atoms with Gasteiger partial charge < -0.3 is 14.8 Å². The Labute approximate surface area is 152 Å². The number of ether oxygens (including phenoxy) is 2. The number of esters is 1. The van der Waals surface area contributed by atoms with Gasteiger partial charge in [0.2, 0.25) is 0 Å². The first kappa shape index (κ1) is 19.2. The van der Waals surface area contributed by atoms with Gasteiger partial charge in [0.15, 0.2) is 12.4 Å². The number of Topliss-reactive ketones (excluding diaryl/α,β-unsaturated/α-hetero) is 1.